The van der Waals surface area contributed by atoms with Crippen LogP contribution in [0.4, 0.5) is 0 Å². The third-order valence-electron chi connectivity index (χ3n) is 2.85. The van der Waals surface area contributed by atoms with Gasteiger partial charge in [-0.25, -0.2) is 0 Å². The van der Waals surface area contributed by atoms with Crippen molar-refractivity contribution in [1.29, 1.82) is 0 Å². The second kappa shape index (κ2) is 5.19. The maximum Gasteiger partial charge on any atom is 0.189 e. The first-order valence-electron chi connectivity index (χ1n) is 5.42. The van der Waals surface area contributed by atoms with Crippen molar-refractivity contribution in [3.63, 3.8) is 0 Å². The molecule has 1 aromatic carbocycles. The zero-order valence-electron chi connectivity index (χ0n) is 11.0. The number of carbonyl (C=O) groups excluding carboxylic acids is 1. The Balaban J connectivity index is 3.33. The minimum absolute atomic E-state index is 0.0608. The standard InChI is InChI=1S/C13H19NO3/c1-13(2,14-3)12(15)11-9(16-4)7-6-8-10(11)17-5/h6-8,14H,1-5H3. The van der Waals surface area contributed by atoms with Crippen LogP contribution in [-0.2, 0) is 0 Å². The van der Waals surface area contributed by atoms with Crippen LogP contribution in [0, 0.1) is 0 Å². The van der Waals surface area contributed by atoms with Gasteiger partial charge in [0.1, 0.15) is 17.1 Å². The van der Waals surface area contributed by atoms with Crippen LogP contribution in [0.3, 0.4) is 0 Å². The summed E-state index contributed by atoms with van der Waals surface area (Å²) in [6, 6.07) is 5.30. The van der Waals surface area contributed by atoms with E-state index >= 15 is 0 Å². The first-order chi connectivity index (χ1) is 7.97. The zero-order valence-corrected chi connectivity index (χ0v) is 11.0. The lowest BCUT2D eigenvalue weighted by Crippen LogP contribution is -2.44. The van der Waals surface area contributed by atoms with Crippen LogP contribution in [0.15, 0.2) is 18.2 Å². The number of carbonyl (C=O) groups is 1. The van der Waals surface area contributed by atoms with Gasteiger partial charge in [0, 0.05) is 0 Å². The number of rotatable bonds is 5. The Morgan fingerprint density at radius 3 is 2.00 bits per heavy atom. The molecule has 1 N–H and O–H groups in total. The van der Waals surface area contributed by atoms with E-state index in [1.807, 2.05) is 13.8 Å². The quantitative estimate of drug-likeness (QED) is 0.794. The number of hydrogen-bond acceptors (Lipinski definition) is 4. The summed E-state index contributed by atoms with van der Waals surface area (Å²) in [7, 11) is 4.83. The molecule has 94 valence electrons. The predicted molar refractivity (Wildman–Crippen MR) is 67.0 cm³/mol. The van der Waals surface area contributed by atoms with Crippen LogP contribution in [0.1, 0.15) is 24.2 Å². The van der Waals surface area contributed by atoms with Crippen LogP contribution in [-0.4, -0.2) is 32.6 Å². The number of nitrogens with one attached hydrogen (secondary N) is 1. The maximum absolute atomic E-state index is 12.4. The molecule has 0 spiro atoms. The molecule has 0 atom stereocenters. The molecule has 0 heterocycles. The molecular weight excluding hydrogens is 218 g/mol. The number of ketones is 1. The van der Waals surface area contributed by atoms with Gasteiger partial charge in [-0.1, -0.05) is 6.07 Å². The monoisotopic (exact) mass is 237 g/mol. The van der Waals surface area contributed by atoms with Gasteiger partial charge in [0.2, 0.25) is 0 Å². The van der Waals surface area contributed by atoms with Crippen molar-refractivity contribution in [2.75, 3.05) is 21.3 Å². The van der Waals surface area contributed by atoms with Gasteiger partial charge in [-0.3, -0.25) is 4.79 Å². The van der Waals surface area contributed by atoms with Gasteiger partial charge in [-0.2, -0.15) is 0 Å². The van der Waals surface area contributed by atoms with Gasteiger partial charge in [-0.05, 0) is 33.0 Å². The minimum Gasteiger partial charge on any atom is -0.496 e. The van der Waals surface area contributed by atoms with E-state index in [0.717, 1.165) is 0 Å². The zero-order chi connectivity index (χ0) is 13.1. The van der Waals surface area contributed by atoms with Crippen LogP contribution < -0.4 is 14.8 Å². The average Bonchev–Trinajstić information content (AvgIpc) is 2.36. The molecule has 0 unspecified atom stereocenters. The summed E-state index contributed by atoms with van der Waals surface area (Å²) in [5, 5.41) is 2.98. The molecular formula is C13H19NO3. The normalized spacial score (nSPS) is 11.1. The first kappa shape index (κ1) is 13.5. The van der Waals surface area contributed by atoms with Crippen molar-refractivity contribution in [3.8, 4) is 11.5 Å². The summed E-state index contributed by atoms with van der Waals surface area (Å²) in [5.74, 6) is 0.990. The molecule has 0 amide bonds. The predicted octanol–water partition coefficient (Wildman–Crippen LogP) is 1.88. The summed E-state index contributed by atoms with van der Waals surface area (Å²) in [4.78, 5) is 12.4. The molecule has 0 radical (unpaired) electrons. The number of hydrogen-bond donors (Lipinski definition) is 1. The summed E-state index contributed by atoms with van der Waals surface area (Å²) >= 11 is 0. The van der Waals surface area contributed by atoms with Crippen molar-refractivity contribution in [2.24, 2.45) is 0 Å². The molecule has 1 rings (SSSR count). The van der Waals surface area contributed by atoms with E-state index in [0.29, 0.717) is 17.1 Å². The van der Waals surface area contributed by atoms with Gasteiger partial charge in [0.15, 0.2) is 5.78 Å². The van der Waals surface area contributed by atoms with Crippen molar-refractivity contribution in [1.82, 2.24) is 5.32 Å². The molecule has 4 nitrogen and oxygen atoms in total. The summed E-state index contributed by atoms with van der Waals surface area (Å²) in [6.45, 7) is 3.64. The van der Waals surface area contributed by atoms with E-state index in [2.05, 4.69) is 5.32 Å². The van der Waals surface area contributed by atoms with Gasteiger partial charge < -0.3 is 14.8 Å². The Morgan fingerprint density at radius 1 is 1.18 bits per heavy atom. The maximum atomic E-state index is 12.4. The highest BCUT2D eigenvalue weighted by Crippen LogP contribution is 2.31. The molecule has 0 aliphatic rings. The fourth-order valence-corrected chi connectivity index (χ4v) is 1.50. The molecule has 0 bridgehead atoms. The van der Waals surface area contributed by atoms with E-state index in [4.69, 9.17) is 9.47 Å². The van der Waals surface area contributed by atoms with Crippen LogP contribution >= 0.6 is 0 Å². The Kier molecular flexibility index (Phi) is 4.12. The molecule has 0 saturated carbocycles. The third-order valence-corrected chi connectivity index (χ3v) is 2.85. The lowest BCUT2D eigenvalue weighted by Gasteiger charge is -2.24. The number of methoxy groups -OCH3 is 2. The van der Waals surface area contributed by atoms with Crippen molar-refractivity contribution in [2.45, 2.75) is 19.4 Å². The number of benzene rings is 1. The lowest BCUT2D eigenvalue weighted by molar-refractivity contribution is 0.0883. The van der Waals surface area contributed by atoms with Gasteiger partial charge in [-0.15, -0.1) is 0 Å². The van der Waals surface area contributed by atoms with Crippen LogP contribution in [0.2, 0.25) is 0 Å². The fourth-order valence-electron chi connectivity index (χ4n) is 1.50. The SMILES string of the molecule is CNC(C)(C)C(=O)c1c(OC)cccc1OC. The van der Waals surface area contributed by atoms with Gasteiger partial charge in [0.25, 0.3) is 0 Å². The molecule has 1 aromatic rings. The molecule has 0 fully saturated rings. The van der Waals surface area contributed by atoms with E-state index in [9.17, 15) is 4.79 Å². The molecule has 0 aliphatic heterocycles. The fraction of sp³-hybridized carbons (Fsp3) is 0.462. The largest absolute Gasteiger partial charge is 0.496 e. The number of ether oxygens (including phenoxy) is 2. The van der Waals surface area contributed by atoms with E-state index in [1.165, 1.54) is 14.2 Å². The third kappa shape index (κ3) is 2.58. The second-order valence-electron chi connectivity index (χ2n) is 4.24. The molecule has 0 aliphatic carbocycles. The molecule has 4 heteroatoms. The summed E-state index contributed by atoms with van der Waals surface area (Å²) in [5.41, 5.74) is -0.195. The molecule has 0 saturated heterocycles. The highest BCUT2D eigenvalue weighted by molar-refractivity contribution is 6.07. The summed E-state index contributed by atoms with van der Waals surface area (Å²) < 4.78 is 10.4. The van der Waals surface area contributed by atoms with Crippen molar-refractivity contribution < 1.29 is 14.3 Å². The Hall–Kier alpha value is -1.55. The lowest BCUT2D eigenvalue weighted by atomic mass is 9.92. The van der Waals surface area contributed by atoms with Crippen LogP contribution in [0.25, 0.3) is 0 Å². The Bertz CT molecular complexity index is 391. The number of likely N-dealkylation sites (N-methyl/N-ethyl adjacent to an activating group) is 1. The minimum atomic E-state index is -0.665. The highest BCUT2D eigenvalue weighted by atomic mass is 16.5. The topological polar surface area (TPSA) is 47.6 Å². The molecule has 0 aromatic heterocycles. The Morgan fingerprint density at radius 2 is 1.65 bits per heavy atom. The van der Waals surface area contributed by atoms with Crippen LogP contribution in [0.5, 0.6) is 11.5 Å². The smallest absolute Gasteiger partial charge is 0.189 e. The average molecular weight is 237 g/mol. The van der Waals surface area contributed by atoms with E-state index in [1.54, 1.807) is 25.2 Å². The van der Waals surface area contributed by atoms with Crippen molar-refractivity contribution >= 4 is 5.78 Å². The van der Waals surface area contributed by atoms with E-state index < -0.39 is 5.54 Å². The highest BCUT2D eigenvalue weighted by Gasteiger charge is 2.31. The first-order valence-corrected chi connectivity index (χ1v) is 5.42. The molecule has 17 heavy (non-hydrogen) atoms. The number of Topliss-reactive ketones (excluding diaryl/α,β-unsaturated/α-hetero) is 1. The summed E-state index contributed by atoms with van der Waals surface area (Å²) in [6.07, 6.45) is 0. The Labute approximate surface area is 102 Å². The second-order valence-corrected chi connectivity index (χ2v) is 4.24. The van der Waals surface area contributed by atoms with Gasteiger partial charge >= 0.3 is 0 Å². The van der Waals surface area contributed by atoms with Gasteiger partial charge in [0.05, 0.1) is 19.8 Å². The van der Waals surface area contributed by atoms with Crippen molar-refractivity contribution in [3.05, 3.63) is 23.8 Å². The van der Waals surface area contributed by atoms with E-state index in [-0.39, 0.29) is 5.78 Å².